The quantitative estimate of drug-likeness (QED) is 0.458. The third kappa shape index (κ3) is 4.83. The second kappa shape index (κ2) is 7.27. The van der Waals surface area contributed by atoms with E-state index < -0.39 is 14.9 Å². The Morgan fingerprint density at radius 2 is 1.95 bits per heavy atom. The molecule has 0 bridgehead atoms. The molecule has 0 saturated carbocycles. The molecule has 4 nitrogen and oxygen atoms in total. The number of unbranched alkanes of at least 4 members (excludes halogenated alkanes) is 2. The SMILES string of the molecule is CCCC/C=C(\C(C(=O)C(C)(C)C)=S(C)(C)=O)n1cccn1. The predicted octanol–water partition coefficient (Wildman–Crippen LogP) is 3.25. The molecule has 0 aliphatic rings. The molecule has 0 aromatic carbocycles. The van der Waals surface area contributed by atoms with Gasteiger partial charge in [0, 0.05) is 30.3 Å². The highest BCUT2D eigenvalue weighted by Crippen LogP contribution is 2.22. The van der Waals surface area contributed by atoms with Crippen molar-refractivity contribution in [3.05, 3.63) is 24.5 Å². The van der Waals surface area contributed by atoms with Crippen LogP contribution < -0.4 is 0 Å². The van der Waals surface area contributed by atoms with Crippen LogP contribution in [0, 0.1) is 5.41 Å². The first-order valence-corrected chi connectivity index (χ1v) is 10.0. The van der Waals surface area contributed by atoms with Crippen molar-refractivity contribution >= 4 is 25.9 Å². The second-order valence-corrected chi connectivity index (χ2v) is 9.70. The fourth-order valence-electron chi connectivity index (χ4n) is 2.08. The predicted molar refractivity (Wildman–Crippen MR) is 95.5 cm³/mol. The maximum absolute atomic E-state index is 12.9. The maximum Gasteiger partial charge on any atom is 0.178 e. The minimum Gasteiger partial charge on any atom is -0.293 e. The molecule has 0 aliphatic carbocycles. The average Bonchev–Trinajstić information content (AvgIpc) is 2.88. The molecule has 0 fully saturated rings. The van der Waals surface area contributed by atoms with E-state index in [9.17, 15) is 9.00 Å². The van der Waals surface area contributed by atoms with Crippen molar-refractivity contribution < 1.29 is 9.00 Å². The minimum absolute atomic E-state index is 0.0826. The van der Waals surface area contributed by atoms with E-state index >= 15 is 0 Å². The zero-order valence-electron chi connectivity index (χ0n) is 14.5. The summed E-state index contributed by atoms with van der Waals surface area (Å²) in [5, 5.41) is 4.24. The number of ketones is 1. The molecule has 0 N–H and O–H groups in total. The van der Waals surface area contributed by atoms with Crippen LogP contribution in [0.4, 0.5) is 0 Å². The number of hydrogen-bond donors (Lipinski definition) is 0. The van der Waals surface area contributed by atoms with Crippen LogP contribution in [0.2, 0.25) is 0 Å². The van der Waals surface area contributed by atoms with Crippen LogP contribution in [0.1, 0.15) is 47.0 Å². The van der Waals surface area contributed by atoms with E-state index in [4.69, 9.17) is 0 Å². The highest BCUT2D eigenvalue weighted by Gasteiger charge is 2.31. The Kier molecular flexibility index (Phi) is 6.17. The number of nitrogens with zero attached hydrogens (tertiary/aromatic N) is 2. The molecule has 0 spiro atoms. The lowest BCUT2D eigenvalue weighted by molar-refractivity contribution is -0.119. The third-order valence-corrected chi connectivity index (χ3v) is 4.64. The van der Waals surface area contributed by atoms with E-state index in [0.717, 1.165) is 19.3 Å². The summed E-state index contributed by atoms with van der Waals surface area (Å²) >= 11 is 0. The van der Waals surface area contributed by atoms with Crippen LogP contribution in [0.5, 0.6) is 0 Å². The lowest BCUT2D eigenvalue weighted by atomic mass is 9.88. The number of carbonyl (C=O) groups is 1. The van der Waals surface area contributed by atoms with E-state index in [0.29, 0.717) is 10.6 Å². The van der Waals surface area contributed by atoms with Gasteiger partial charge in [0.1, 0.15) is 0 Å². The van der Waals surface area contributed by atoms with Crippen LogP contribution in [0.25, 0.3) is 5.70 Å². The van der Waals surface area contributed by atoms with E-state index in [2.05, 4.69) is 12.0 Å². The van der Waals surface area contributed by atoms with Crippen LogP contribution >= 0.6 is 0 Å². The Labute approximate surface area is 134 Å². The van der Waals surface area contributed by atoms with Gasteiger partial charge in [-0.2, -0.15) is 5.10 Å². The molecule has 0 aliphatic heterocycles. The highest BCUT2D eigenvalue weighted by atomic mass is 32.2. The molecule has 5 heteroatoms. The molecule has 0 radical (unpaired) electrons. The van der Waals surface area contributed by atoms with Gasteiger partial charge in [-0.15, -0.1) is 0 Å². The Morgan fingerprint density at radius 1 is 1.32 bits per heavy atom. The topological polar surface area (TPSA) is 52.0 Å². The number of Topliss-reactive ketones (excluding diaryl/α,β-unsaturated/α-hetero) is 1. The van der Waals surface area contributed by atoms with Gasteiger partial charge in [0.2, 0.25) is 0 Å². The van der Waals surface area contributed by atoms with Crippen molar-refractivity contribution in [1.82, 2.24) is 9.78 Å². The van der Waals surface area contributed by atoms with E-state index in [1.165, 1.54) is 0 Å². The smallest absolute Gasteiger partial charge is 0.178 e. The zero-order valence-corrected chi connectivity index (χ0v) is 15.4. The summed E-state index contributed by atoms with van der Waals surface area (Å²) in [6.07, 6.45) is 11.6. The van der Waals surface area contributed by atoms with Crippen molar-refractivity contribution in [2.45, 2.75) is 47.0 Å². The molecule has 0 unspecified atom stereocenters. The Bertz CT molecular complexity index is 647. The summed E-state index contributed by atoms with van der Waals surface area (Å²) in [6.45, 7) is 7.68. The molecule has 124 valence electrons. The first-order valence-electron chi connectivity index (χ1n) is 7.65. The number of hydrogen-bond acceptors (Lipinski definition) is 3. The van der Waals surface area contributed by atoms with Gasteiger partial charge in [-0.1, -0.05) is 40.2 Å². The summed E-state index contributed by atoms with van der Waals surface area (Å²) < 4.78 is 14.5. The number of allylic oxidation sites excluding steroid dienone is 2. The Morgan fingerprint density at radius 3 is 2.36 bits per heavy atom. The van der Waals surface area contributed by atoms with Crippen LogP contribution in [0.15, 0.2) is 24.5 Å². The molecular weight excluding hydrogens is 296 g/mol. The zero-order chi connectivity index (χ0) is 17.0. The largest absolute Gasteiger partial charge is 0.293 e. The van der Waals surface area contributed by atoms with Gasteiger partial charge in [-0.05, 0) is 28.4 Å². The number of rotatable bonds is 6. The van der Waals surface area contributed by atoms with Crippen LogP contribution in [0.3, 0.4) is 0 Å². The first kappa shape index (κ1) is 18.7. The lowest BCUT2D eigenvalue weighted by Gasteiger charge is -2.22. The van der Waals surface area contributed by atoms with Crippen LogP contribution in [-0.4, -0.2) is 37.1 Å². The van der Waals surface area contributed by atoms with Gasteiger partial charge in [-0.3, -0.25) is 9.00 Å². The monoisotopic (exact) mass is 324 g/mol. The van der Waals surface area contributed by atoms with Crippen molar-refractivity contribution in [1.29, 1.82) is 0 Å². The molecule has 1 aromatic heterocycles. The van der Waals surface area contributed by atoms with Crippen molar-refractivity contribution in [2.75, 3.05) is 12.5 Å². The molecule has 22 heavy (non-hydrogen) atoms. The van der Waals surface area contributed by atoms with E-state index in [1.54, 1.807) is 35.7 Å². The second-order valence-electron chi connectivity index (χ2n) is 6.82. The summed E-state index contributed by atoms with van der Waals surface area (Å²) in [7, 11) is -2.42. The summed E-state index contributed by atoms with van der Waals surface area (Å²) in [5.74, 6) is -0.0826. The maximum atomic E-state index is 12.9. The van der Waals surface area contributed by atoms with Gasteiger partial charge < -0.3 is 0 Å². The average molecular weight is 324 g/mol. The Balaban J connectivity index is 3.51. The van der Waals surface area contributed by atoms with Gasteiger partial charge in [0.25, 0.3) is 0 Å². The normalized spacial score (nSPS) is 13.3. The molecule has 1 rings (SSSR count). The van der Waals surface area contributed by atoms with Crippen LogP contribution in [-0.2, 0) is 14.3 Å². The third-order valence-electron chi connectivity index (χ3n) is 3.26. The fraction of sp³-hybridized carbons (Fsp3) is 0.588. The number of aromatic nitrogens is 2. The van der Waals surface area contributed by atoms with E-state index in [1.807, 2.05) is 26.8 Å². The van der Waals surface area contributed by atoms with Gasteiger partial charge in [-0.25, -0.2) is 4.68 Å². The standard InChI is InChI=1S/C17H28N2O2S/c1-7-8-9-11-14(19-13-10-12-18-19)15(22(5,6)21)16(20)17(2,3)4/h10-13H,7-9H2,1-6H3/b14-11+. The lowest BCUT2D eigenvalue weighted by Crippen LogP contribution is -2.35. The minimum atomic E-state index is -2.42. The van der Waals surface area contributed by atoms with Gasteiger partial charge in [0.15, 0.2) is 5.78 Å². The highest BCUT2D eigenvalue weighted by molar-refractivity contribution is 8.03. The molecule has 1 aromatic rings. The molecule has 0 amide bonds. The summed E-state index contributed by atoms with van der Waals surface area (Å²) in [4.78, 5) is 13.3. The summed E-state index contributed by atoms with van der Waals surface area (Å²) in [5.41, 5.74) is 0.0782. The van der Waals surface area contributed by atoms with Gasteiger partial charge >= 0.3 is 0 Å². The van der Waals surface area contributed by atoms with Crippen molar-refractivity contribution in [2.24, 2.45) is 5.41 Å². The molecule has 0 saturated heterocycles. The Hall–Kier alpha value is -1.36. The number of carbonyl (C=O) groups excluding carboxylic acids is 1. The first-order chi connectivity index (χ1) is 10.1. The molecular formula is C17H28N2O2S. The molecule has 1 heterocycles. The van der Waals surface area contributed by atoms with E-state index in [-0.39, 0.29) is 5.78 Å². The fourth-order valence-corrected chi connectivity index (χ4v) is 3.51. The van der Waals surface area contributed by atoms with Crippen molar-refractivity contribution in [3.63, 3.8) is 0 Å². The van der Waals surface area contributed by atoms with Crippen molar-refractivity contribution in [3.8, 4) is 0 Å². The van der Waals surface area contributed by atoms with Gasteiger partial charge in [0.05, 0.1) is 10.6 Å². The summed E-state index contributed by atoms with van der Waals surface area (Å²) in [6, 6.07) is 1.81. The molecule has 0 atom stereocenters.